The smallest absolute Gasteiger partial charge is 0.233 e. The number of fused-ring (bicyclic) bond motifs is 1. The van der Waals surface area contributed by atoms with E-state index < -0.39 is 0 Å². The molecule has 2 aliphatic rings. The van der Waals surface area contributed by atoms with Gasteiger partial charge in [0.25, 0.3) is 0 Å². The minimum Gasteiger partial charge on any atom is -0.497 e. The second-order valence-corrected chi connectivity index (χ2v) is 8.68. The van der Waals surface area contributed by atoms with Crippen molar-refractivity contribution in [3.05, 3.63) is 71.8 Å². The first-order valence-corrected chi connectivity index (χ1v) is 11.6. The van der Waals surface area contributed by atoms with E-state index in [9.17, 15) is 14.4 Å². The molecule has 1 saturated heterocycles. The van der Waals surface area contributed by atoms with Gasteiger partial charge >= 0.3 is 0 Å². The van der Waals surface area contributed by atoms with E-state index in [0.29, 0.717) is 19.3 Å². The molecule has 2 aromatic rings. The third kappa shape index (κ3) is 5.14. The fraction of sp³-hybridized carbons (Fsp3) is 0.370. The van der Waals surface area contributed by atoms with E-state index in [1.54, 1.807) is 14.2 Å². The predicted octanol–water partition coefficient (Wildman–Crippen LogP) is 3.45. The van der Waals surface area contributed by atoms with Crippen LogP contribution in [0.25, 0.3) is 0 Å². The van der Waals surface area contributed by atoms with E-state index in [2.05, 4.69) is 5.32 Å². The summed E-state index contributed by atoms with van der Waals surface area (Å²) >= 11 is 0. The maximum absolute atomic E-state index is 12.9. The van der Waals surface area contributed by atoms with E-state index in [1.165, 1.54) is 4.90 Å². The Morgan fingerprint density at radius 3 is 1.97 bits per heavy atom. The SMILES string of the molecule is COc1ccc(C[C@H](NC(=O)CCN2C(=O)[C@@H]3CC=CC[C@H]3C2=O)c2ccc(OC)cc2)cc1. The Kier molecular flexibility index (Phi) is 7.30. The zero-order chi connectivity index (χ0) is 24.1. The predicted molar refractivity (Wildman–Crippen MR) is 127 cm³/mol. The highest BCUT2D eigenvalue weighted by Gasteiger charge is 2.46. The van der Waals surface area contributed by atoms with Gasteiger partial charge in [0.1, 0.15) is 11.5 Å². The number of imide groups is 1. The molecule has 3 atom stereocenters. The molecule has 0 unspecified atom stereocenters. The number of nitrogens with one attached hydrogen (secondary N) is 1. The molecule has 1 fully saturated rings. The summed E-state index contributed by atoms with van der Waals surface area (Å²) in [5, 5.41) is 3.09. The molecule has 2 aromatic carbocycles. The van der Waals surface area contributed by atoms with Gasteiger partial charge in [-0.3, -0.25) is 19.3 Å². The Labute approximate surface area is 199 Å². The zero-order valence-corrected chi connectivity index (χ0v) is 19.5. The van der Waals surface area contributed by atoms with Crippen molar-refractivity contribution in [1.29, 1.82) is 0 Å². The Balaban J connectivity index is 1.42. The Bertz CT molecular complexity index is 1040. The number of benzene rings is 2. The second-order valence-electron chi connectivity index (χ2n) is 8.68. The minimum atomic E-state index is -0.275. The van der Waals surface area contributed by atoms with Crippen LogP contribution in [0.5, 0.6) is 11.5 Å². The third-order valence-corrected chi connectivity index (χ3v) is 6.61. The number of methoxy groups -OCH3 is 2. The highest BCUT2D eigenvalue weighted by molar-refractivity contribution is 6.05. The molecule has 0 spiro atoms. The number of nitrogens with zero attached hydrogens (tertiary/aromatic N) is 1. The topological polar surface area (TPSA) is 84.9 Å². The van der Waals surface area contributed by atoms with Gasteiger partial charge in [0.05, 0.1) is 32.1 Å². The summed E-state index contributed by atoms with van der Waals surface area (Å²) < 4.78 is 10.5. The molecule has 1 heterocycles. The van der Waals surface area contributed by atoms with Crippen LogP contribution >= 0.6 is 0 Å². The molecule has 0 aromatic heterocycles. The number of ether oxygens (including phenoxy) is 2. The molecular formula is C27H30N2O5. The van der Waals surface area contributed by atoms with Crippen LogP contribution in [0.1, 0.15) is 36.4 Å². The summed E-state index contributed by atoms with van der Waals surface area (Å²) in [5.41, 5.74) is 1.98. The van der Waals surface area contributed by atoms with E-state index >= 15 is 0 Å². The van der Waals surface area contributed by atoms with Crippen molar-refractivity contribution >= 4 is 17.7 Å². The number of hydrogen-bond acceptors (Lipinski definition) is 5. The Hall–Kier alpha value is -3.61. The van der Waals surface area contributed by atoms with Crippen molar-refractivity contribution in [3.8, 4) is 11.5 Å². The molecule has 178 valence electrons. The average Bonchev–Trinajstić information content (AvgIpc) is 3.12. The van der Waals surface area contributed by atoms with E-state index in [0.717, 1.165) is 22.6 Å². The number of carbonyl (C=O) groups excluding carboxylic acids is 3. The van der Waals surface area contributed by atoms with E-state index in [4.69, 9.17) is 9.47 Å². The largest absolute Gasteiger partial charge is 0.497 e. The number of likely N-dealkylation sites (tertiary alicyclic amines) is 1. The summed E-state index contributed by atoms with van der Waals surface area (Å²) in [5.74, 6) is 0.437. The monoisotopic (exact) mass is 462 g/mol. The third-order valence-electron chi connectivity index (χ3n) is 6.61. The fourth-order valence-corrected chi connectivity index (χ4v) is 4.65. The molecule has 3 amide bonds. The van der Waals surface area contributed by atoms with Crippen molar-refractivity contribution in [2.45, 2.75) is 31.7 Å². The van der Waals surface area contributed by atoms with Gasteiger partial charge in [0.15, 0.2) is 0 Å². The first-order valence-electron chi connectivity index (χ1n) is 11.6. The number of rotatable bonds is 9. The van der Waals surface area contributed by atoms with Crippen molar-refractivity contribution in [1.82, 2.24) is 10.2 Å². The van der Waals surface area contributed by atoms with Crippen LogP contribution in [0.2, 0.25) is 0 Å². The highest BCUT2D eigenvalue weighted by atomic mass is 16.5. The normalized spacial score (nSPS) is 20.1. The standard InChI is InChI=1S/C27H30N2O5/c1-33-20-11-7-18(8-12-20)17-24(19-9-13-21(34-2)14-10-19)28-25(30)15-16-29-26(31)22-5-3-4-6-23(22)27(29)32/h3-4,7-14,22-24H,5-6,15-17H2,1-2H3,(H,28,30)/t22-,23-,24+/m1/s1. The fourth-order valence-electron chi connectivity index (χ4n) is 4.65. The van der Waals surface area contributed by atoms with Crippen LogP contribution in [0.3, 0.4) is 0 Å². The van der Waals surface area contributed by atoms with Crippen LogP contribution in [0.4, 0.5) is 0 Å². The van der Waals surface area contributed by atoms with Crippen LogP contribution in [-0.4, -0.2) is 43.4 Å². The van der Waals surface area contributed by atoms with Gasteiger partial charge in [-0.25, -0.2) is 0 Å². The van der Waals surface area contributed by atoms with Crippen molar-refractivity contribution in [2.75, 3.05) is 20.8 Å². The first kappa shape index (κ1) is 23.5. The van der Waals surface area contributed by atoms with Crippen molar-refractivity contribution in [2.24, 2.45) is 11.8 Å². The maximum Gasteiger partial charge on any atom is 0.233 e. The molecule has 0 radical (unpaired) electrons. The van der Waals surface area contributed by atoms with Gasteiger partial charge in [0, 0.05) is 13.0 Å². The van der Waals surface area contributed by atoms with Crippen LogP contribution < -0.4 is 14.8 Å². The van der Waals surface area contributed by atoms with Crippen LogP contribution in [0, 0.1) is 11.8 Å². The molecule has 1 aliphatic carbocycles. The molecule has 0 saturated carbocycles. The number of carbonyl (C=O) groups is 3. The van der Waals surface area contributed by atoms with Gasteiger partial charge in [0.2, 0.25) is 17.7 Å². The highest BCUT2D eigenvalue weighted by Crippen LogP contribution is 2.35. The number of allylic oxidation sites excluding steroid dienone is 2. The summed E-state index contributed by atoms with van der Waals surface area (Å²) in [7, 11) is 3.23. The van der Waals surface area contributed by atoms with Crippen molar-refractivity contribution < 1.29 is 23.9 Å². The van der Waals surface area contributed by atoms with Crippen LogP contribution in [-0.2, 0) is 20.8 Å². The Morgan fingerprint density at radius 1 is 0.912 bits per heavy atom. The van der Waals surface area contributed by atoms with Gasteiger partial charge < -0.3 is 14.8 Å². The van der Waals surface area contributed by atoms with E-state index in [1.807, 2.05) is 60.7 Å². The molecule has 7 nitrogen and oxygen atoms in total. The van der Waals surface area contributed by atoms with Crippen molar-refractivity contribution in [3.63, 3.8) is 0 Å². The summed E-state index contributed by atoms with van der Waals surface area (Å²) in [4.78, 5) is 39.5. The van der Waals surface area contributed by atoms with E-state index in [-0.39, 0.29) is 48.6 Å². The summed E-state index contributed by atoms with van der Waals surface area (Å²) in [6, 6.07) is 15.0. The molecule has 1 aliphatic heterocycles. The second kappa shape index (κ2) is 10.5. The molecular weight excluding hydrogens is 432 g/mol. The lowest BCUT2D eigenvalue weighted by Crippen LogP contribution is -2.37. The van der Waals surface area contributed by atoms with Crippen LogP contribution in [0.15, 0.2) is 60.7 Å². The number of amides is 3. The lowest BCUT2D eigenvalue weighted by atomic mass is 9.85. The van der Waals surface area contributed by atoms with Gasteiger partial charge in [-0.05, 0) is 54.7 Å². The molecule has 7 heteroatoms. The molecule has 34 heavy (non-hydrogen) atoms. The molecule has 0 bridgehead atoms. The van der Waals surface area contributed by atoms with Gasteiger partial charge in [-0.1, -0.05) is 36.4 Å². The summed E-state index contributed by atoms with van der Waals surface area (Å²) in [6.45, 7) is 0.106. The molecule has 4 rings (SSSR count). The van der Waals surface area contributed by atoms with Gasteiger partial charge in [-0.15, -0.1) is 0 Å². The minimum absolute atomic E-state index is 0.0691. The average molecular weight is 463 g/mol. The lowest BCUT2D eigenvalue weighted by Gasteiger charge is -2.21. The van der Waals surface area contributed by atoms with Gasteiger partial charge in [-0.2, -0.15) is 0 Å². The first-order chi connectivity index (χ1) is 16.5. The zero-order valence-electron chi connectivity index (χ0n) is 19.5. The number of hydrogen-bond donors (Lipinski definition) is 1. The lowest BCUT2D eigenvalue weighted by molar-refractivity contribution is -0.140. The maximum atomic E-state index is 12.9. The molecule has 1 N–H and O–H groups in total. The summed E-state index contributed by atoms with van der Waals surface area (Å²) in [6.07, 6.45) is 5.76. The Morgan fingerprint density at radius 2 is 1.44 bits per heavy atom. The quantitative estimate of drug-likeness (QED) is 0.456.